The Kier molecular flexibility index (Phi) is 8.45. The first-order valence-corrected chi connectivity index (χ1v) is 9.64. The largest absolute Gasteiger partial charge is 0.487 e. The molecule has 27 heavy (non-hydrogen) atoms. The predicted octanol–water partition coefficient (Wildman–Crippen LogP) is 4.61. The van der Waals surface area contributed by atoms with Gasteiger partial charge in [0.25, 0.3) is 0 Å². The van der Waals surface area contributed by atoms with Gasteiger partial charge in [-0.25, -0.2) is 0 Å². The maximum atomic E-state index is 12.1. The molecule has 1 amide bonds. The Labute approximate surface area is 162 Å². The summed E-state index contributed by atoms with van der Waals surface area (Å²) in [4.78, 5) is 14.0. The Balaban J connectivity index is 1.83. The van der Waals surface area contributed by atoms with E-state index in [0.717, 1.165) is 49.5 Å². The number of rotatable bonds is 10. The van der Waals surface area contributed by atoms with Crippen molar-refractivity contribution in [3.8, 4) is 5.75 Å². The molecule has 0 aliphatic carbocycles. The van der Waals surface area contributed by atoms with E-state index in [4.69, 9.17) is 9.47 Å². The molecule has 2 unspecified atom stereocenters. The van der Waals surface area contributed by atoms with E-state index in [1.54, 1.807) is 7.11 Å². The van der Waals surface area contributed by atoms with Crippen LogP contribution in [0.25, 0.3) is 0 Å². The highest BCUT2D eigenvalue weighted by molar-refractivity contribution is 5.96. The van der Waals surface area contributed by atoms with Crippen molar-refractivity contribution in [1.82, 2.24) is 0 Å². The summed E-state index contributed by atoms with van der Waals surface area (Å²) in [6, 6.07) is 7.81. The van der Waals surface area contributed by atoms with Crippen molar-refractivity contribution in [3.63, 3.8) is 0 Å². The summed E-state index contributed by atoms with van der Waals surface area (Å²) in [6.07, 6.45) is 4.74. The van der Waals surface area contributed by atoms with E-state index < -0.39 is 0 Å². The van der Waals surface area contributed by atoms with Crippen molar-refractivity contribution in [1.29, 1.82) is 0 Å². The fraction of sp³-hybridized carbons (Fsp3) is 0.571. The van der Waals surface area contributed by atoms with Gasteiger partial charge in [0.15, 0.2) is 0 Å². The molecule has 1 aromatic carbocycles. The van der Waals surface area contributed by atoms with Crippen LogP contribution < -0.4 is 9.64 Å². The van der Waals surface area contributed by atoms with E-state index in [2.05, 4.69) is 10.2 Å². The Bertz CT molecular complexity index is 655. The van der Waals surface area contributed by atoms with E-state index in [0.29, 0.717) is 6.61 Å². The molecule has 0 N–H and O–H groups in total. The molecular formula is C21H31N3O3. The zero-order valence-corrected chi connectivity index (χ0v) is 16.9. The Morgan fingerprint density at radius 1 is 1.37 bits per heavy atom. The molecule has 1 aliphatic heterocycles. The van der Waals surface area contributed by atoms with Crippen LogP contribution in [-0.4, -0.2) is 38.8 Å². The standard InChI is InChI=1S/C21H31N3O3/c1-5-18(23-22-17(3)7-6-14-26-4)15-27-20-10-8-19(9-11-20)24-13-12-16(2)21(24)25/h5,8-11,16-17H,6-7,12-15H2,1-4H3/b18-5-,23-22-. The number of hydrogen-bond donors (Lipinski definition) is 0. The number of carbonyl (C=O) groups is 1. The van der Waals surface area contributed by atoms with Crippen LogP contribution in [0.5, 0.6) is 5.75 Å². The first-order valence-electron chi connectivity index (χ1n) is 9.64. The Morgan fingerprint density at radius 3 is 2.70 bits per heavy atom. The Morgan fingerprint density at radius 2 is 2.11 bits per heavy atom. The molecule has 0 saturated carbocycles. The molecule has 2 rings (SSSR count). The van der Waals surface area contributed by atoms with Crippen LogP contribution in [0.2, 0.25) is 0 Å². The maximum Gasteiger partial charge on any atom is 0.229 e. The number of carbonyl (C=O) groups excluding carboxylic acids is 1. The van der Waals surface area contributed by atoms with Gasteiger partial charge in [-0.3, -0.25) is 4.79 Å². The summed E-state index contributed by atoms with van der Waals surface area (Å²) in [7, 11) is 1.71. The summed E-state index contributed by atoms with van der Waals surface area (Å²) in [5.41, 5.74) is 1.72. The van der Waals surface area contributed by atoms with Crippen LogP contribution >= 0.6 is 0 Å². The highest BCUT2D eigenvalue weighted by Gasteiger charge is 2.28. The quantitative estimate of drug-likeness (QED) is 0.444. The van der Waals surface area contributed by atoms with Gasteiger partial charge in [0, 0.05) is 31.9 Å². The lowest BCUT2D eigenvalue weighted by molar-refractivity contribution is -0.119. The van der Waals surface area contributed by atoms with Gasteiger partial charge in [0.05, 0.1) is 11.7 Å². The topological polar surface area (TPSA) is 63.5 Å². The number of azo groups is 1. The first-order chi connectivity index (χ1) is 13.0. The molecule has 0 radical (unpaired) electrons. The van der Waals surface area contributed by atoms with Gasteiger partial charge in [-0.15, -0.1) is 0 Å². The van der Waals surface area contributed by atoms with Gasteiger partial charge in [-0.2, -0.15) is 10.2 Å². The second-order valence-electron chi connectivity index (χ2n) is 6.94. The summed E-state index contributed by atoms with van der Waals surface area (Å²) < 4.78 is 10.9. The maximum absolute atomic E-state index is 12.1. The molecule has 148 valence electrons. The number of methoxy groups -OCH3 is 1. The van der Waals surface area contributed by atoms with Crippen LogP contribution in [0, 0.1) is 5.92 Å². The molecule has 0 bridgehead atoms. The van der Waals surface area contributed by atoms with Gasteiger partial charge >= 0.3 is 0 Å². The van der Waals surface area contributed by atoms with Crippen molar-refractivity contribution in [2.75, 3.05) is 31.8 Å². The van der Waals surface area contributed by atoms with Crippen LogP contribution in [0.4, 0.5) is 5.69 Å². The molecule has 6 nitrogen and oxygen atoms in total. The number of allylic oxidation sites excluding steroid dienone is 1. The zero-order valence-electron chi connectivity index (χ0n) is 16.9. The lowest BCUT2D eigenvalue weighted by Gasteiger charge is -2.16. The number of hydrogen-bond acceptors (Lipinski definition) is 5. The fourth-order valence-corrected chi connectivity index (χ4v) is 2.88. The minimum atomic E-state index is 0.112. The van der Waals surface area contributed by atoms with Gasteiger partial charge in [0.2, 0.25) is 5.91 Å². The molecule has 1 saturated heterocycles. The average Bonchev–Trinajstić information content (AvgIpc) is 3.01. The monoisotopic (exact) mass is 373 g/mol. The lowest BCUT2D eigenvalue weighted by atomic mass is 10.1. The Hall–Kier alpha value is -2.21. The number of ether oxygens (including phenoxy) is 2. The van der Waals surface area contributed by atoms with Gasteiger partial charge in [-0.05, 0) is 57.4 Å². The first kappa shape index (κ1) is 21.1. The SMILES string of the molecule is C/C=C(COc1ccc(N2CCC(C)C2=O)cc1)\N=N/C(C)CCCOC. The minimum Gasteiger partial charge on any atom is -0.487 e. The van der Waals surface area contributed by atoms with Crippen molar-refractivity contribution in [2.45, 2.75) is 46.1 Å². The molecule has 0 spiro atoms. The number of benzene rings is 1. The van der Waals surface area contributed by atoms with Crippen LogP contribution in [0.15, 0.2) is 46.3 Å². The van der Waals surface area contributed by atoms with E-state index in [9.17, 15) is 4.79 Å². The molecule has 1 heterocycles. The highest BCUT2D eigenvalue weighted by Crippen LogP contribution is 2.26. The van der Waals surface area contributed by atoms with E-state index in [1.165, 1.54) is 0 Å². The molecule has 1 fully saturated rings. The van der Waals surface area contributed by atoms with E-state index in [1.807, 2.05) is 56.0 Å². The molecular weight excluding hydrogens is 342 g/mol. The summed E-state index contributed by atoms with van der Waals surface area (Å²) in [5.74, 6) is 1.06. The second-order valence-corrected chi connectivity index (χ2v) is 6.94. The highest BCUT2D eigenvalue weighted by atomic mass is 16.5. The zero-order chi connectivity index (χ0) is 19.6. The summed E-state index contributed by atoms with van der Waals surface area (Å²) in [6.45, 7) is 7.85. The van der Waals surface area contributed by atoms with E-state index >= 15 is 0 Å². The van der Waals surface area contributed by atoms with E-state index in [-0.39, 0.29) is 17.9 Å². The molecule has 0 aromatic heterocycles. The second kappa shape index (κ2) is 10.8. The molecule has 2 atom stereocenters. The number of amides is 1. The summed E-state index contributed by atoms with van der Waals surface area (Å²) in [5, 5.41) is 8.64. The van der Waals surface area contributed by atoms with Crippen molar-refractivity contribution in [3.05, 3.63) is 36.0 Å². The summed E-state index contributed by atoms with van der Waals surface area (Å²) >= 11 is 0. The van der Waals surface area contributed by atoms with Gasteiger partial charge in [-0.1, -0.05) is 13.0 Å². The molecule has 6 heteroatoms. The average molecular weight is 373 g/mol. The van der Waals surface area contributed by atoms with Crippen molar-refractivity contribution < 1.29 is 14.3 Å². The van der Waals surface area contributed by atoms with Crippen LogP contribution in [0.1, 0.15) is 40.0 Å². The number of anilines is 1. The third kappa shape index (κ3) is 6.47. The normalized spacial score (nSPS) is 19.1. The number of nitrogens with zero attached hydrogens (tertiary/aromatic N) is 3. The lowest BCUT2D eigenvalue weighted by Crippen LogP contribution is -2.25. The van der Waals surface area contributed by atoms with Crippen LogP contribution in [0.3, 0.4) is 0 Å². The third-order valence-corrected chi connectivity index (χ3v) is 4.70. The smallest absolute Gasteiger partial charge is 0.229 e. The van der Waals surface area contributed by atoms with Gasteiger partial charge < -0.3 is 14.4 Å². The fourth-order valence-electron chi connectivity index (χ4n) is 2.88. The van der Waals surface area contributed by atoms with Crippen molar-refractivity contribution >= 4 is 11.6 Å². The predicted molar refractivity (Wildman–Crippen MR) is 107 cm³/mol. The van der Waals surface area contributed by atoms with Crippen LogP contribution in [-0.2, 0) is 9.53 Å². The molecule has 1 aromatic rings. The molecule has 1 aliphatic rings. The van der Waals surface area contributed by atoms with Gasteiger partial charge in [0.1, 0.15) is 12.4 Å². The minimum absolute atomic E-state index is 0.112. The third-order valence-electron chi connectivity index (χ3n) is 4.70. The van der Waals surface area contributed by atoms with Crippen molar-refractivity contribution in [2.24, 2.45) is 16.1 Å².